The van der Waals surface area contributed by atoms with Crippen LogP contribution in [0.4, 0.5) is 0 Å². The van der Waals surface area contributed by atoms with Gasteiger partial charge in [-0.15, -0.1) is 0 Å². The molecule has 6 nitrogen and oxygen atoms in total. The first-order valence-corrected chi connectivity index (χ1v) is 8.60. The summed E-state index contributed by atoms with van der Waals surface area (Å²) in [5.41, 5.74) is 0.983. The molecule has 1 aliphatic rings. The summed E-state index contributed by atoms with van der Waals surface area (Å²) in [6, 6.07) is 5.91. The van der Waals surface area contributed by atoms with Crippen molar-refractivity contribution in [1.29, 1.82) is 0 Å². The second-order valence-corrected chi connectivity index (χ2v) is 5.60. The Balaban J connectivity index is 1.63. The highest BCUT2D eigenvalue weighted by molar-refractivity contribution is 5.79. The number of aliphatic imine (C=N–C) groups is 1. The van der Waals surface area contributed by atoms with E-state index in [1.807, 2.05) is 18.2 Å². The lowest BCUT2D eigenvalue weighted by Crippen LogP contribution is -2.39. The van der Waals surface area contributed by atoms with Crippen molar-refractivity contribution < 1.29 is 4.74 Å². The summed E-state index contributed by atoms with van der Waals surface area (Å²) in [5, 5.41) is 6.67. The maximum atomic E-state index is 5.37. The number of nitrogens with zero attached hydrogens (tertiary/aromatic N) is 3. The second kappa shape index (κ2) is 11.0. The Morgan fingerprint density at radius 3 is 2.87 bits per heavy atom. The number of hydrogen-bond acceptors (Lipinski definition) is 4. The first kappa shape index (κ1) is 17.7. The molecule has 0 atom stereocenters. The zero-order valence-electron chi connectivity index (χ0n) is 14.1. The second-order valence-electron chi connectivity index (χ2n) is 5.60. The molecule has 2 N–H and O–H groups in total. The lowest BCUT2D eigenvalue weighted by molar-refractivity contribution is 0.0372. The van der Waals surface area contributed by atoms with E-state index in [0.717, 1.165) is 64.0 Å². The normalized spacial score (nSPS) is 16.3. The minimum Gasteiger partial charge on any atom is -0.379 e. The van der Waals surface area contributed by atoms with Crippen LogP contribution >= 0.6 is 0 Å². The molecule has 23 heavy (non-hydrogen) atoms. The van der Waals surface area contributed by atoms with Crippen LogP contribution in [0.2, 0.25) is 0 Å². The van der Waals surface area contributed by atoms with Crippen molar-refractivity contribution >= 4 is 5.96 Å². The van der Waals surface area contributed by atoms with E-state index in [1.54, 1.807) is 6.20 Å². The number of ether oxygens (including phenoxy) is 1. The number of rotatable bonds is 8. The van der Waals surface area contributed by atoms with Crippen LogP contribution in [0, 0.1) is 0 Å². The topological polar surface area (TPSA) is 61.8 Å². The fraction of sp³-hybridized carbons (Fsp3) is 0.647. The van der Waals surface area contributed by atoms with E-state index in [2.05, 4.69) is 32.4 Å². The van der Waals surface area contributed by atoms with Crippen LogP contribution in [-0.2, 0) is 11.3 Å². The van der Waals surface area contributed by atoms with E-state index in [0.29, 0.717) is 6.54 Å². The van der Waals surface area contributed by atoms with Crippen molar-refractivity contribution in [2.45, 2.75) is 26.3 Å². The summed E-state index contributed by atoms with van der Waals surface area (Å²) in [4.78, 5) is 11.3. The van der Waals surface area contributed by atoms with Gasteiger partial charge in [0.15, 0.2) is 5.96 Å². The zero-order chi connectivity index (χ0) is 16.2. The molecule has 1 aromatic heterocycles. The average molecular weight is 319 g/mol. The maximum Gasteiger partial charge on any atom is 0.191 e. The highest BCUT2D eigenvalue weighted by atomic mass is 16.5. The smallest absolute Gasteiger partial charge is 0.191 e. The van der Waals surface area contributed by atoms with Gasteiger partial charge in [-0.25, -0.2) is 4.99 Å². The Morgan fingerprint density at radius 1 is 1.26 bits per heavy atom. The number of aromatic nitrogens is 1. The van der Waals surface area contributed by atoms with Gasteiger partial charge in [0.05, 0.1) is 25.5 Å². The summed E-state index contributed by atoms with van der Waals surface area (Å²) in [6.45, 7) is 9.54. The zero-order valence-corrected chi connectivity index (χ0v) is 14.1. The van der Waals surface area contributed by atoms with E-state index in [-0.39, 0.29) is 0 Å². The molecule has 2 heterocycles. The lowest BCUT2D eigenvalue weighted by atomic mass is 10.3. The molecule has 0 aromatic carbocycles. The van der Waals surface area contributed by atoms with Gasteiger partial charge in [0.1, 0.15) is 0 Å². The third-order valence-electron chi connectivity index (χ3n) is 3.77. The van der Waals surface area contributed by atoms with Gasteiger partial charge >= 0.3 is 0 Å². The van der Waals surface area contributed by atoms with Gasteiger partial charge < -0.3 is 15.4 Å². The van der Waals surface area contributed by atoms with E-state index in [1.165, 1.54) is 6.42 Å². The van der Waals surface area contributed by atoms with Gasteiger partial charge in [-0.1, -0.05) is 6.07 Å². The van der Waals surface area contributed by atoms with Gasteiger partial charge in [-0.3, -0.25) is 9.88 Å². The van der Waals surface area contributed by atoms with E-state index < -0.39 is 0 Å². The Bertz CT molecular complexity index is 446. The Labute approximate surface area is 139 Å². The summed E-state index contributed by atoms with van der Waals surface area (Å²) in [5.74, 6) is 0.865. The molecule has 0 radical (unpaired) electrons. The molecule has 128 valence electrons. The maximum absolute atomic E-state index is 5.37. The molecule has 6 heteroatoms. The highest BCUT2D eigenvalue weighted by Gasteiger charge is 2.09. The predicted octanol–water partition coefficient (Wildman–Crippen LogP) is 1.25. The first-order valence-electron chi connectivity index (χ1n) is 8.60. The molecule has 0 aliphatic carbocycles. The molecule has 2 rings (SSSR count). The number of unbranched alkanes of at least 4 members (excludes halogenated alkanes) is 1. The molecular formula is C17H29N5O. The fourth-order valence-corrected chi connectivity index (χ4v) is 2.49. The van der Waals surface area contributed by atoms with Crippen molar-refractivity contribution in [2.75, 3.05) is 45.9 Å². The number of guanidine groups is 1. The largest absolute Gasteiger partial charge is 0.379 e. The first-order chi connectivity index (χ1) is 11.4. The molecule has 0 spiro atoms. The van der Waals surface area contributed by atoms with E-state index in [4.69, 9.17) is 4.74 Å². The van der Waals surface area contributed by atoms with Crippen molar-refractivity contribution in [3.63, 3.8) is 0 Å². The van der Waals surface area contributed by atoms with Gasteiger partial charge in [-0.05, 0) is 38.4 Å². The minimum atomic E-state index is 0.601. The fourth-order valence-electron chi connectivity index (χ4n) is 2.49. The van der Waals surface area contributed by atoms with E-state index >= 15 is 0 Å². The van der Waals surface area contributed by atoms with Gasteiger partial charge in [-0.2, -0.15) is 0 Å². The Kier molecular flexibility index (Phi) is 8.43. The Morgan fingerprint density at radius 2 is 2.13 bits per heavy atom. The third-order valence-corrected chi connectivity index (χ3v) is 3.77. The number of pyridine rings is 1. The third kappa shape index (κ3) is 7.43. The highest BCUT2D eigenvalue weighted by Crippen LogP contribution is 1.99. The van der Waals surface area contributed by atoms with Crippen LogP contribution in [0.3, 0.4) is 0 Å². The average Bonchev–Trinajstić information content (AvgIpc) is 2.61. The van der Waals surface area contributed by atoms with Crippen molar-refractivity contribution in [3.8, 4) is 0 Å². The van der Waals surface area contributed by atoms with Crippen molar-refractivity contribution in [3.05, 3.63) is 30.1 Å². The quantitative estimate of drug-likeness (QED) is 0.429. The molecular weight excluding hydrogens is 290 g/mol. The standard InChI is InChI=1S/C17H29N5O/c1-2-18-17(21-15-16-7-3-4-8-19-16)20-9-5-6-10-22-11-13-23-14-12-22/h3-4,7-8H,2,5-6,9-15H2,1H3,(H2,18,20,21). The molecule has 0 bridgehead atoms. The van der Waals surface area contributed by atoms with Crippen LogP contribution < -0.4 is 10.6 Å². The van der Waals surface area contributed by atoms with Gasteiger partial charge in [0.2, 0.25) is 0 Å². The SMILES string of the molecule is CCNC(=NCc1ccccn1)NCCCCN1CCOCC1. The molecule has 1 saturated heterocycles. The molecule has 0 amide bonds. The molecule has 1 fully saturated rings. The predicted molar refractivity (Wildman–Crippen MR) is 93.5 cm³/mol. The number of nitrogens with one attached hydrogen (secondary N) is 2. The van der Waals surface area contributed by atoms with Crippen LogP contribution in [0.1, 0.15) is 25.5 Å². The van der Waals surface area contributed by atoms with Crippen LogP contribution in [0.15, 0.2) is 29.4 Å². The van der Waals surface area contributed by atoms with Gasteiger partial charge in [0.25, 0.3) is 0 Å². The lowest BCUT2D eigenvalue weighted by Gasteiger charge is -2.26. The molecule has 1 aliphatic heterocycles. The van der Waals surface area contributed by atoms with Crippen molar-refractivity contribution in [1.82, 2.24) is 20.5 Å². The monoisotopic (exact) mass is 319 g/mol. The summed E-state index contributed by atoms with van der Waals surface area (Å²) in [7, 11) is 0. The number of hydrogen-bond donors (Lipinski definition) is 2. The molecule has 0 unspecified atom stereocenters. The number of morpholine rings is 1. The van der Waals surface area contributed by atoms with Crippen LogP contribution in [0.25, 0.3) is 0 Å². The summed E-state index contributed by atoms with van der Waals surface area (Å²) < 4.78 is 5.37. The van der Waals surface area contributed by atoms with Crippen LogP contribution in [-0.4, -0.2) is 61.8 Å². The molecule has 0 saturated carbocycles. The van der Waals surface area contributed by atoms with Crippen LogP contribution in [0.5, 0.6) is 0 Å². The summed E-state index contributed by atoms with van der Waals surface area (Å²) >= 11 is 0. The Hall–Kier alpha value is -1.66. The van der Waals surface area contributed by atoms with Gasteiger partial charge in [0, 0.05) is 32.4 Å². The molecule has 1 aromatic rings. The summed E-state index contributed by atoms with van der Waals surface area (Å²) in [6.07, 6.45) is 4.15. The minimum absolute atomic E-state index is 0.601. The van der Waals surface area contributed by atoms with E-state index in [9.17, 15) is 0 Å². The van der Waals surface area contributed by atoms with Crippen molar-refractivity contribution in [2.24, 2.45) is 4.99 Å².